The van der Waals surface area contributed by atoms with Crippen LogP contribution in [0.15, 0.2) is 48.5 Å². The molecule has 0 aliphatic carbocycles. The Hall–Kier alpha value is -2.60. The van der Waals surface area contributed by atoms with Crippen LogP contribution in [0.1, 0.15) is 41.3 Å². The van der Waals surface area contributed by atoms with E-state index in [0.717, 1.165) is 0 Å². The van der Waals surface area contributed by atoms with E-state index in [1.165, 1.54) is 5.56 Å². The molecule has 106 valence electrons. The number of para-hydroxylation sites is 1. The van der Waals surface area contributed by atoms with Crippen LogP contribution in [-0.2, 0) is 0 Å². The first-order valence-electron chi connectivity index (χ1n) is 6.87. The van der Waals surface area contributed by atoms with Gasteiger partial charge in [-0.1, -0.05) is 50.2 Å². The standard InChI is InChI=1S/C18H17NO2/c1-13(2)14-7-9-15(10-8-14)17(20)12-21-18-6-4-3-5-16(18)11-19/h3-10,13H,12H2,1-2H3. The predicted molar refractivity (Wildman–Crippen MR) is 81.5 cm³/mol. The molecule has 0 radical (unpaired) electrons. The number of Topliss-reactive ketones (excluding diaryl/α,β-unsaturated/α-hetero) is 1. The van der Waals surface area contributed by atoms with Gasteiger partial charge in [-0.15, -0.1) is 0 Å². The SMILES string of the molecule is CC(C)c1ccc(C(=O)COc2ccccc2C#N)cc1. The maximum atomic E-state index is 12.1. The predicted octanol–water partition coefficient (Wildman–Crippen LogP) is 3.94. The minimum Gasteiger partial charge on any atom is -0.484 e. The normalized spacial score (nSPS) is 10.2. The Morgan fingerprint density at radius 1 is 1.14 bits per heavy atom. The summed E-state index contributed by atoms with van der Waals surface area (Å²) in [4.78, 5) is 12.1. The number of hydrogen-bond donors (Lipinski definition) is 0. The van der Waals surface area contributed by atoms with Crippen molar-refractivity contribution in [3.63, 3.8) is 0 Å². The number of carbonyl (C=O) groups excluding carboxylic acids is 1. The molecule has 0 saturated heterocycles. The van der Waals surface area contributed by atoms with Crippen LogP contribution in [0, 0.1) is 11.3 Å². The molecule has 2 rings (SSSR count). The lowest BCUT2D eigenvalue weighted by atomic mass is 10.0. The van der Waals surface area contributed by atoms with E-state index in [1.807, 2.05) is 30.3 Å². The molecule has 2 aromatic rings. The average molecular weight is 279 g/mol. The molecule has 3 nitrogen and oxygen atoms in total. The number of rotatable bonds is 5. The van der Waals surface area contributed by atoms with Crippen molar-refractivity contribution in [3.05, 3.63) is 65.2 Å². The van der Waals surface area contributed by atoms with E-state index in [2.05, 4.69) is 13.8 Å². The molecule has 0 fully saturated rings. The van der Waals surface area contributed by atoms with E-state index >= 15 is 0 Å². The Balaban J connectivity index is 2.03. The number of hydrogen-bond acceptors (Lipinski definition) is 3. The van der Waals surface area contributed by atoms with E-state index in [1.54, 1.807) is 24.3 Å². The summed E-state index contributed by atoms with van der Waals surface area (Å²) in [5.41, 5.74) is 2.25. The van der Waals surface area contributed by atoms with Crippen LogP contribution in [0.2, 0.25) is 0 Å². The van der Waals surface area contributed by atoms with Crippen molar-refractivity contribution >= 4 is 5.78 Å². The highest BCUT2D eigenvalue weighted by Gasteiger charge is 2.09. The van der Waals surface area contributed by atoms with Gasteiger partial charge in [0.15, 0.2) is 12.4 Å². The second-order valence-corrected chi connectivity index (χ2v) is 5.10. The topological polar surface area (TPSA) is 50.1 Å². The smallest absolute Gasteiger partial charge is 0.200 e. The molecule has 0 aliphatic rings. The number of nitrogens with zero attached hydrogens (tertiary/aromatic N) is 1. The minimum atomic E-state index is -0.0990. The average Bonchev–Trinajstić information content (AvgIpc) is 2.52. The Bertz CT molecular complexity index is 666. The van der Waals surface area contributed by atoms with Crippen LogP contribution in [0.5, 0.6) is 5.75 Å². The zero-order valence-corrected chi connectivity index (χ0v) is 12.2. The first-order valence-corrected chi connectivity index (χ1v) is 6.87. The fourth-order valence-corrected chi connectivity index (χ4v) is 1.97. The van der Waals surface area contributed by atoms with Crippen LogP contribution in [-0.4, -0.2) is 12.4 Å². The highest BCUT2D eigenvalue weighted by Crippen LogP contribution is 2.18. The van der Waals surface area contributed by atoms with Crippen molar-refractivity contribution in [2.24, 2.45) is 0 Å². The van der Waals surface area contributed by atoms with Gasteiger partial charge in [-0.2, -0.15) is 5.26 Å². The highest BCUT2D eigenvalue weighted by molar-refractivity contribution is 5.97. The summed E-state index contributed by atoms with van der Waals surface area (Å²) < 4.78 is 5.45. The highest BCUT2D eigenvalue weighted by atomic mass is 16.5. The van der Waals surface area contributed by atoms with Gasteiger partial charge >= 0.3 is 0 Å². The molecule has 3 heteroatoms. The summed E-state index contributed by atoms with van der Waals surface area (Å²) >= 11 is 0. The second-order valence-electron chi connectivity index (χ2n) is 5.10. The largest absolute Gasteiger partial charge is 0.484 e. The van der Waals surface area contributed by atoms with Crippen molar-refractivity contribution in [2.45, 2.75) is 19.8 Å². The third-order valence-electron chi connectivity index (χ3n) is 3.27. The van der Waals surface area contributed by atoms with Crippen LogP contribution < -0.4 is 4.74 Å². The molecule has 21 heavy (non-hydrogen) atoms. The molecule has 0 aromatic heterocycles. The van der Waals surface area contributed by atoms with Crippen molar-refractivity contribution in [1.82, 2.24) is 0 Å². The van der Waals surface area contributed by atoms with Crippen LogP contribution in [0.4, 0.5) is 0 Å². The lowest BCUT2D eigenvalue weighted by Crippen LogP contribution is -2.12. The molecule has 0 spiro atoms. The van der Waals surface area contributed by atoms with Gasteiger partial charge in [0.1, 0.15) is 11.8 Å². The summed E-state index contributed by atoms with van der Waals surface area (Å²) in [6.45, 7) is 4.15. The molecular formula is C18H17NO2. The van der Waals surface area contributed by atoms with Gasteiger partial charge in [-0.05, 0) is 23.6 Å². The first-order chi connectivity index (χ1) is 10.1. The Labute approximate surface area is 124 Å². The summed E-state index contributed by atoms with van der Waals surface area (Å²) in [5.74, 6) is 0.776. The third-order valence-corrected chi connectivity index (χ3v) is 3.27. The maximum Gasteiger partial charge on any atom is 0.200 e. The van der Waals surface area contributed by atoms with Gasteiger partial charge in [-0.25, -0.2) is 0 Å². The molecule has 0 atom stereocenters. The number of carbonyl (C=O) groups is 1. The Kier molecular flexibility index (Phi) is 4.73. The fourth-order valence-electron chi connectivity index (χ4n) is 1.97. The minimum absolute atomic E-state index is 0.0697. The molecule has 0 heterocycles. The van der Waals surface area contributed by atoms with Gasteiger partial charge < -0.3 is 4.74 Å². The first kappa shape index (κ1) is 14.8. The van der Waals surface area contributed by atoms with E-state index in [9.17, 15) is 4.79 Å². The summed E-state index contributed by atoms with van der Waals surface area (Å²) in [5, 5.41) is 8.97. The Morgan fingerprint density at radius 3 is 2.43 bits per heavy atom. The molecular weight excluding hydrogens is 262 g/mol. The fraction of sp³-hybridized carbons (Fsp3) is 0.222. The van der Waals surface area contributed by atoms with Gasteiger partial charge in [0.25, 0.3) is 0 Å². The molecule has 0 unspecified atom stereocenters. The molecule has 0 N–H and O–H groups in total. The van der Waals surface area contributed by atoms with Crippen molar-refractivity contribution in [1.29, 1.82) is 5.26 Å². The van der Waals surface area contributed by atoms with Crippen molar-refractivity contribution in [2.75, 3.05) is 6.61 Å². The van der Waals surface area contributed by atoms with Crippen LogP contribution in [0.25, 0.3) is 0 Å². The third kappa shape index (κ3) is 3.70. The quantitative estimate of drug-likeness (QED) is 0.779. The molecule has 2 aromatic carbocycles. The van der Waals surface area contributed by atoms with E-state index in [4.69, 9.17) is 10.00 Å². The number of nitriles is 1. The number of benzene rings is 2. The van der Waals surface area contributed by atoms with Crippen molar-refractivity contribution in [3.8, 4) is 11.8 Å². The van der Waals surface area contributed by atoms with Gasteiger partial charge in [-0.3, -0.25) is 4.79 Å². The number of ketones is 1. The molecule has 0 amide bonds. The monoisotopic (exact) mass is 279 g/mol. The lowest BCUT2D eigenvalue weighted by molar-refractivity contribution is 0.0921. The van der Waals surface area contributed by atoms with E-state index in [-0.39, 0.29) is 12.4 Å². The van der Waals surface area contributed by atoms with Gasteiger partial charge in [0, 0.05) is 5.56 Å². The summed E-state index contributed by atoms with van der Waals surface area (Å²) in [6, 6.07) is 16.5. The molecule has 0 saturated carbocycles. The lowest BCUT2D eigenvalue weighted by Gasteiger charge is -2.08. The summed E-state index contributed by atoms with van der Waals surface area (Å²) in [6.07, 6.45) is 0. The van der Waals surface area contributed by atoms with Crippen LogP contribution in [0.3, 0.4) is 0 Å². The van der Waals surface area contributed by atoms with E-state index < -0.39 is 0 Å². The van der Waals surface area contributed by atoms with Crippen molar-refractivity contribution < 1.29 is 9.53 Å². The molecule has 0 bridgehead atoms. The van der Waals surface area contributed by atoms with Gasteiger partial charge in [0.2, 0.25) is 0 Å². The van der Waals surface area contributed by atoms with Crippen LogP contribution >= 0.6 is 0 Å². The second kappa shape index (κ2) is 6.71. The Morgan fingerprint density at radius 2 is 1.81 bits per heavy atom. The molecule has 0 aliphatic heterocycles. The zero-order valence-electron chi connectivity index (χ0n) is 12.2. The zero-order chi connectivity index (χ0) is 15.2. The van der Waals surface area contributed by atoms with Gasteiger partial charge in [0.05, 0.1) is 5.56 Å². The maximum absolute atomic E-state index is 12.1. The number of ether oxygens (including phenoxy) is 1. The van der Waals surface area contributed by atoms with E-state index in [0.29, 0.717) is 22.8 Å². The summed E-state index contributed by atoms with van der Waals surface area (Å²) in [7, 11) is 0.